The predicted octanol–water partition coefficient (Wildman–Crippen LogP) is 2.99. The van der Waals surface area contributed by atoms with Crippen LogP contribution >= 0.6 is 0 Å². The Morgan fingerprint density at radius 2 is 1.95 bits per heavy atom. The molecule has 1 unspecified atom stereocenters. The van der Waals surface area contributed by atoms with E-state index in [1.807, 2.05) is 51.1 Å². The normalized spacial score (nSPS) is 18.2. The van der Waals surface area contributed by atoms with Crippen LogP contribution in [0.15, 0.2) is 30.3 Å². The van der Waals surface area contributed by atoms with Gasteiger partial charge in [-0.1, -0.05) is 30.3 Å². The lowest BCUT2D eigenvalue weighted by molar-refractivity contribution is 0.0513. The zero-order chi connectivity index (χ0) is 14.8. The van der Waals surface area contributed by atoms with Gasteiger partial charge in [-0.2, -0.15) is 0 Å². The molecule has 1 saturated carbocycles. The molecule has 1 aliphatic carbocycles. The number of carbonyl (C=O) groups is 1. The first kappa shape index (κ1) is 14.9. The van der Waals surface area contributed by atoms with Crippen LogP contribution in [0.25, 0.3) is 0 Å². The molecule has 4 nitrogen and oxygen atoms in total. The number of alkyl carbamates (subject to hydrolysis) is 1. The van der Waals surface area contributed by atoms with E-state index < -0.39 is 5.60 Å². The van der Waals surface area contributed by atoms with Crippen LogP contribution in [0.2, 0.25) is 0 Å². The zero-order valence-corrected chi connectivity index (χ0v) is 12.5. The molecule has 20 heavy (non-hydrogen) atoms. The van der Waals surface area contributed by atoms with E-state index in [9.17, 15) is 4.79 Å². The lowest BCUT2D eigenvalue weighted by Gasteiger charge is -2.25. The summed E-state index contributed by atoms with van der Waals surface area (Å²) >= 11 is 0. The fourth-order valence-electron chi connectivity index (χ4n) is 2.33. The first-order valence-electron chi connectivity index (χ1n) is 7.10. The Hall–Kier alpha value is -1.55. The average molecular weight is 276 g/mol. The topological polar surface area (TPSA) is 64.3 Å². The van der Waals surface area contributed by atoms with Crippen molar-refractivity contribution in [3.63, 3.8) is 0 Å². The smallest absolute Gasteiger partial charge is 0.407 e. The zero-order valence-electron chi connectivity index (χ0n) is 12.5. The lowest BCUT2D eigenvalue weighted by atomic mass is 9.91. The van der Waals surface area contributed by atoms with E-state index in [2.05, 4.69) is 5.32 Å². The van der Waals surface area contributed by atoms with Gasteiger partial charge in [-0.25, -0.2) is 4.79 Å². The van der Waals surface area contributed by atoms with Gasteiger partial charge in [0, 0.05) is 18.0 Å². The number of benzene rings is 1. The minimum atomic E-state index is -0.470. The van der Waals surface area contributed by atoms with Crippen molar-refractivity contribution in [3.8, 4) is 0 Å². The van der Waals surface area contributed by atoms with E-state index in [0.29, 0.717) is 6.54 Å². The van der Waals surface area contributed by atoms with Crippen LogP contribution in [0.1, 0.15) is 45.2 Å². The van der Waals surface area contributed by atoms with E-state index in [-0.39, 0.29) is 17.6 Å². The van der Waals surface area contributed by atoms with Crippen molar-refractivity contribution in [1.29, 1.82) is 0 Å². The van der Waals surface area contributed by atoms with Crippen molar-refractivity contribution in [3.05, 3.63) is 35.9 Å². The third-order valence-electron chi connectivity index (χ3n) is 3.69. The monoisotopic (exact) mass is 276 g/mol. The van der Waals surface area contributed by atoms with Gasteiger partial charge in [0.25, 0.3) is 0 Å². The number of rotatable bonds is 4. The summed E-state index contributed by atoms with van der Waals surface area (Å²) in [5.41, 5.74) is 6.99. The summed E-state index contributed by atoms with van der Waals surface area (Å²) in [6, 6.07) is 10.0. The Bertz CT molecular complexity index is 461. The number of amides is 1. The first-order valence-corrected chi connectivity index (χ1v) is 7.10. The molecule has 1 atom stereocenters. The average Bonchev–Trinajstić information content (AvgIpc) is 3.16. The van der Waals surface area contributed by atoms with Crippen LogP contribution < -0.4 is 11.1 Å². The SMILES string of the molecule is CC(C)(C)OC(=O)NCC1(C(N)c2ccccc2)CC1. The van der Waals surface area contributed by atoms with Crippen molar-refractivity contribution in [2.75, 3.05) is 6.54 Å². The van der Waals surface area contributed by atoms with Crippen LogP contribution in [0, 0.1) is 5.41 Å². The van der Waals surface area contributed by atoms with Crippen LogP contribution in [-0.2, 0) is 4.74 Å². The fourth-order valence-corrected chi connectivity index (χ4v) is 2.33. The Kier molecular flexibility index (Phi) is 4.04. The predicted molar refractivity (Wildman–Crippen MR) is 79.3 cm³/mol. The molecule has 110 valence electrons. The third-order valence-corrected chi connectivity index (χ3v) is 3.69. The first-order chi connectivity index (χ1) is 9.32. The van der Waals surface area contributed by atoms with Crippen molar-refractivity contribution in [2.45, 2.75) is 45.3 Å². The van der Waals surface area contributed by atoms with Crippen LogP contribution in [-0.4, -0.2) is 18.2 Å². The van der Waals surface area contributed by atoms with Crippen molar-refractivity contribution < 1.29 is 9.53 Å². The second kappa shape index (κ2) is 5.44. The maximum absolute atomic E-state index is 11.7. The summed E-state index contributed by atoms with van der Waals surface area (Å²) in [5, 5.41) is 2.85. The third kappa shape index (κ3) is 3.73. The van der Waals surface area contributed by atoms with E-state index in [4.69, 9.17) is 10.5 Å². The van der Waals surface area contributed by atoms with Gasteiger partial charge in [0.15, 0.2) is 0 Å². The number of nitrogens with two attached hydrogens (primary N) is 1. The molecule has 1 amide bonds. The second-order valence-corrected chi connectivity index (χ2v) is 6.61. The molecule has 1 aromatic carbocycles. The van der Waals surface area contributed by atoms with Crippen LogP contribution in [0.4, 0.5) is 4.79 Å². The molecule has 0 aromatic heterocycles. The summed E-state index contributed by atoms with van der Waals surface area (Å²) in [6.45, 7) is 6.14. The molecule has 2 rings (SSSR count). The van der Waals surface area contributed by atoms with Gasteiger partial charge in [0.2, 0.25) is 0 Å². The van der Waals surface area contributed by atoms with Gasteiger partial charge < -0.3 is 15.8 Å². The Morgan fingerprint density at radius 1 is 1.35 bits per heavy atom. The molecule has 0 aliphatic heterocycles. The second-order valence-electron chi connectivity index (χ2n) is 6.61. The van der Waals surface area contributed by atoms with E-state index in [1.165, 1.54) is 0 Å². The number of ether oxygens (including phenoxy) is 1. The molecule has 0 radical (unpaired) electrons. The molecular weight excluding hydrogens is 252 g/mol. The highest BCUT2D eigenvalue weighted by Crippen LogP contribution is 2.53. The van der Waals surface area contributed by atoms with Gasteiger partial charge in [-0.05, 0) is 39.2 Å². The molecule has 0 heterocycles. The van der Waals surface area contributed by atoms with Crippen molar-refractivity contribution in [1.82, 2.24) is 5.32 Å². The largest absolute Gasteiger partial charge is 0.444 e. The number of hydrogen-bond acceptors (Lipinski definition) is 3. The summed E-state index contributed by atoms with van der Waals surface area (Å²) in [6.07, 6.45) is 1.71. The fraction of sp³-hybridized carbons (Fsp3) is 0.562. The highest BCUT2D eigenvalue weighted by Gasteiger charge is 2.48. The van der Waals surface area contributed by atoms with E-state index >= 15 is 0 Å². The van der Waals surface area contributed by atoms with Gasteiger partial charge >= 0.3 is 6.09 Å². The maximum Gasteiger partial charge on any atom is 0.407 e. The Labute approximate surface area is 120 Å². The van der Waals surface area contributed by atoms with Crippen LogP contribution in [0.3, 0.4) is 0 Å². The molecule has 0 spiro atoms. The maximum atomic E-state index is 11.7. The Balaban J connectivity index is 1.91. The van der Waals surface area contributed by atoms with Gasteiger partial charge in [0.1, 0.15) is 5.60 Å². The minimum absolute atomic E-state index is 0.0156. The highest BCUT2D eigenvalue weighted by atomic mass is 16.6. The summed E-state index contributed by atoms with van der Waals surface area (Å²) in [4.78, 5) is 11.7. The molecule has 1 fully saturated rings. The van der Waals surface area contributed by atoms with Crippen molar-refractivity contribution in [2.24, 2.45) is 11.1 Å². The Morgan fingerprint density at radius 3 is 2.45 bits per heavy atom. The van der Waals surface area contributed by atoms with Gasteiger partial charge in [-0.3, -0.25) is 0 Å². The number of carbonyl (C=O) groups excluding carboxylic acids is 1. The van der Waals surface area contributed by atoms with E-state index in [0.717, 1.165) is 18.4 Å². The molecule has 4 heteroatoms. The summed E-state index contributed by atoms with van der Waals surface area (Å²) in [5.74, 6) is 0. The van der Waals surface area contributed by atoms with E-state index in [1.54, 1.807) is 0 Å². The number of nitrogens with one attached hydrogen (secondary N) is 1. The molecule has 1 aliphatic rings. The summed E-state index contributed by atoms with van der Waals surface area (Å²) in [7, 11) is 0. The van der Waals surface area contributed by atoms with Crippen molar-refractivity contribution >= 4 is 6.09 Å². The van der Waals surface area contributed by atoms with Gasteiger partial charge in [-0.15, -0.1) is 0 Å². The standard InChI is InChI=1S/C16H24N2O2/c1-15(2,3)20-14(19)18-11-16(9-10-16)13(17)12-7-5-4-6-8-12/h4-8,13H,9-11,17H2,1-3H3,(H,18,19). The molecule has 3 N–H and O–H groups in total. The molecule has 1 aromatic rings. The minimum Gasteiger partial charge on any atom is -0.444 e. The molecule has 0 saturated heterocycles. The number of hydrogen-bond donors (Lipinski definition) is 2. The van der Waals surface area contributed by atoms with Crippen LogP contribution in [0.5, 0.6) is 0 Å². The quantitative estimate of drug-likeness (QED) is 0.888. The van der Waals surface area contributed by atoms with Gasteiger partial charge in [0.05, 0.1) is 0 Å². The summed E-state index contributed by atoms with van der Waals surface area (Å²) < 4.78 is 5.26. The molecular formula is C16H24N2O2. The molecule has 0 bridgehead atoms. The highest BCUT2D eigenvalue weighted by molar-refractivity contribution is 5.67. The lowest BCUT2D eigenvalue weighted by Crippen LogP contribution is -2.39.